The average Bonchev–Trinajstić information content (AvgIpc) is 3.28. The van der Waals surface area contributed by atoms with Gasteiger partial charge in [0.25, 0.3) is 10.0 Å². The second kappa shape index (κ2) is 9.92. The Balaban J connectivity index is 1.61. The van der Waals surface area contributed by atoms with Crippen LogP contribution in [0.3, 0.4) is 0 Å². The maximum absolute atomic E-state index is 13.5. The zero-order chi connectivity index (χ0) is 24.3. The molecule has 174 valence electrons. The summed E-state index contributed by atoms with van der Waals surface area (Å²) in [7, 11) is -4.00. The minimum Gasteiger partial charge on any atom is -0.299 e. The molecule has 0 radical (unpaired) electrons. The number of halogens is 1. The quantitative estimate of drug-likeness (QED) is 0.362. The summed E-state index contributed by atoms with van der Waals surface area (Å²) in [5.41, 5.74) is 2.87. The second-order valence-corrected chi connectivity index (χ2v) is 10.9. The number of hydrogen-bond acceptors (Lipinski definition) is 6. The number of carbonyl (C=O) groups excluding carboxylic acids is 1. The fraction of sp³-hybridized carbons (Fsp3) is 0.125. The SMILES string of the molecule is Cc1ccc(C)c(N(CC(=O)Nc2nnc(-c3ccc(Cl)cc3)s2)S(=O)(=O)c2ccccc2)c1. The van der Waals surface area contributed by atoms with Gasteiger partial charge in [-0.15, -0.1) is 10.2 Å². The number of nitrogens with one attached hydrogen (secondary N) is 1. The van der Waals surface area contributed by atoms with Crippen molar-refractivity contribution in [3.05, 3.63) is 88.9 Å². The lowest BCUT2D eigenvalue weighted by molar-refractivity contribution is -0.114. The molecule has 0 bridgehead atoms. The Kier molecular flexibility index (Phi) is 6.97. The summed E-state index contributed by atoms with van der Waals surface area (Å²) in [6.45, 7) is 3.26. The predicted molar refractivity (Wildman–Crippen MR) is 136 cm³/mol. The van der Waals surface area contributed by atoms with E-state index < -0.39 is 22.5 Å². The number of sulfonamides is 1. The number of carbonyl (C=O) groups is 1. The van der Waals surface area contributed by atoms with E-state index >= 15 is 0 Å². The van der Waals surface area contributed by atoms with Gasteiger partial charge in [-0.05, 0) is 55.3 Å². The lowest BCUT2D eigenvalue weighted by Gasteiger charge is -2.25. The first-order valence-electron chi connectivity index (χ1n) is 10.3. The van der Waals surface area contributed by atoms with Crippen LogP contribution in [0.2, 0.25) is 5.02 Å². The summed E-state index contributed by atoms with van der Waals surface area (Å²) in [6, 6.07) is 20.6. The smallest absolute Gasteiger partial charge is 0.264 e. The molecule has 0 atom stereocenters. The largest absolute Gasteiger partial charge is 0.299 e. The van der Waals surface area contributed by atoms with Gasteiger partial charge < -0.3 is 0 Å². The molecule has 0 aliphatic carbocycles. The number of aromatic nitrogens is 2. The molecule has 0 saturated carbocycles. The number of nitrogens with zero attached hydrogens (tertiary/aromatic N) is 3. The third-order valence-electron chi connectivity index (χ3n) is 5.01. The van der Waals surface area contributed by atoms with Crippen LogP contribution in [-0.4, -0.2) is 31.1 Å². The van der Waals surface area contributed by atoms with Crippen molar-refractivity contribution < 1.29 is 13.2 Å². The van der Waals surface area contributed by atoms with Crippen molar-refractivity contribution in [2.45, 2.75) is 18.7 Å². The van der Waals surface area contributed by atoms with Crippen LogP contribution >= 0.6 is 22.9 Å². The van der Waals surface area contributed by atoms with Gasteiger partial charge in [-0.3, -0.25) is 14.4 Å². The first-order valence-corrected chi connectivity index (χ1v) is 12.9. The molecular formula is C24H21ClN4O3S2. The van der Waals surface area contributed by atoms with Crippen LogP contribution in [0.4, 0.5) is 10.8 Å². The van der Waals surface area contributed by atoms with Gasteiger partial charge in [0, 0.05) is 10.6 Å². The topological polar surface area (TPSA) is 92.3 Å². The Labute approximate surface area is 207 Å². The molecule has 0 fully saturated rings. The molecule has 1 heterocycles. The number of rotatable bonds is 7. The Morgan fingerprint density at radius 2 is 1.71 bits per heavy atom. The Morgan fingerprint density at radius 3 is 2.41 bits per heavy atom. The number of aryl methyl sites for hydroxylation is 2. The first kappa shape index (κ1) is 23.9. The van der Waals surface area contributed by atoms with Gasteiger partial charge in [0.05, 0.1) is 10.6 Å². The Bertz CT molecular complexity index is 1420. The summed E-state index contributed by atoms with van der Waals surface area (Å²) >= 11 is 7.12. The van der Waals surface area contributed by atoms with Gasteiger partial charge in [-0.2, -0.15) is 0 Å². The standard InChI is InChI=1S/C24H21ClN4O3S2/c1-16-8-9-17(2)21(14-16)29(34(31,32)20-6-4-3-5-7-20)15-22(30)26-24-28-27-23(33-24)18-10-12-19(25)13-11-18/h3-14H,15H2,1-2H3,(H,26,28,30). The third kappa shape index (κ3) is 5.27. The van der Waals surface area contributed by atoms with Gasteiger partial charge in [0.2, 0.25) is 11.0 Å². The molecule has 34 heavy (non-hydrogen) atoms. The lowest BCUT2D eigenvalue weighted by atomic mass is 10.1. The molecule has 1 amide bonds. The highest BCUT2D eigenvalue weighted by Crippen LogP contribution is 2.29. The van der Waals surface area contributed by atoms with Crippen molar-refractivity contribution in [2.75, 3.05) is 16.2 Å². The summed E-state index contributed by atoms with van der Waals surface area (Å²) < 4.78 is 28.1. The summed E-state index contributed by atoms with van der Waals surface area (Å²) in [4.78, 5) is 13.1. The molecule has 1 N–H and O–H groups in total. The molecule has 0 spiro atoms. The molecule has 10 heteroatoms. The van der Waals surface area contributed by atoms with Crippen LogP contribution in [0.25, 0.3) is 10.6 Å². The van der Waals surface area contributed by atoms with Crippen LogP contribution in [0.1, 0.15) is 11.1 Å². The van der Waals surface area contributed by atoms with E-state index in [0.29, 0.717) is 15.7 Å². The zero-order valence-electron chi connectivity index (χ0n) is 18.4. The predicted octanol–water partition coefficient (Wildman–Crippen LogP) is 5.31. The van der Waals surface area contributed by atoms with Crippen LogP contribution in [0.15, 0.2) is 77.7 Å². The molecular weight excluding hydrogens is 492 g/mol. The van der Waals surface area contributed by atoms with Gasteiger partial charge >= 0.3 is 0 Å². The van der Waals surface area contributed by atoms with Gasteiger partial charge in [0.15, 0.2) is 0 Å². The fourth-order valence-corrected chi connectivity index (χ4v) is 5.67. The van der Waals surface area contributed by atoms with E-state index in [1.165, 1.54) is 23.5 Å². The van der Waals surface area contributed by atoms with Gasteiger partial charge in [0.1, 0.15) is 11.6 Å². The Hall–Kier alpha value is -3.27. The number of hydrogen-bond donors (Lipinski definition) is 1. The molecule has 0 aliphatic heterocycles. The van der Waals surface area contributed by atoms with Crippen molar-refractivity contribution in [1.29, 1.82) is 0 Å². The van der Waals surface area contributed by atoms with Gasteiger partial charge in [-0.1, -0.05) is 65.4 Å². The summed E-state index contributed by atoms with van der Waals surface area (Å²) in [5.74, 6) is -0.529. The van der Waals surface area contributed by atoms with Gasteiger partial charge in [-0.25, -0.2) is 8.42 Å². The lowest BCUT2D eigenvalue weighted by Crippen LogP contribution is -2.38. The van der Waals surface area contributed by atoms with Crippen LogP contribution in [0.5, 0.6) is 0 Å². The van der Waals surface area contributed by atoms with Crippen LogP contribution in [0, 0.1) is 13.8 Å². The normalized spacial score (nSPS) is 11.3. The molecule has 0 unspecified atom stereocenters. The van der Waals surface area contributed by atoms with Crippen molar-refractivity contribution >= 4 is 49.7 Å². The van der Waals surface area contributed by atoms with Crippen molar-refractivity contribution in [3.8, 4) is 10.6 Å². The average molecular weight is 513 g/mol. The van der Waals surface area contributed by atoms with Crippen LogP contribution < -0.4 is 9.62 Å². The number of benzene rings is 3. The molecule has 0 saturated heterocycles. The minimum atomic E-state index is -4.00. The van der Waals surface area contributed by atoms with E-state index in [2.05, 4.69) is 15.5 Å². The summed E-state index contributed by atoms with van der Waals surface area (Å²) in [6.07, 6.45) is 0. The van der Waals surface area contributed by atoms with E-state index in [0.717, 1.165) is 21.0 Å². The minimum absolute atomic E-state index is 0.102. The van der Waals surface area contributed by atoms with E-state index in [4.69, 9.17) is 11.6 Å². The number of anilines is 2. The molecule has 7 nitrogen and oxygen atoms in total. The Morgan fingerprint density at radius 1 is 1.00 bits per heavy atom. The van der Waals surface area contributed by atoms with E-state index in [9.17, 15) is 13.2 Å². The van der Waals surface area contributed by atoms with E-state index in [1.807, 2.05) is 38.1 Å². The molecule has 4 rings (SSSR count). The van der Waals surface area contributed by atoms with Crippen molar-refractivity contribution in [3.63, 3.8) is 0 Å². The molecule has 3 aromatic carbocycles. The van der Waals surface area contributed by atoms with Crippen molar-refractivity contribution in [1.82, 2.24) is 10.2 Å². The van der Waals surface area contributed by atoms with E-state index in [-0.39, 0.29) is 10.0 Å². The highest BCUT2D eigenvalue weighted by atomic mass is 35.5. The number of amides is 1. The zero-order valence-corrected chi connectivity index (χ0v) is 20.8. The maximum atomic E-state index is 13.5. The summed E-state index contributed by atoms with van der Waals surface area (Å²) in [5, 5.41) is 12.3. The monoisotopic (exact) mass is 512 g/mol. The fourth-order valence-electron chi connectivity index (χ4n) is 3.28. The maximum Gasteiger partial charge on any atom is 0.264 e. The first-order chi connectivity index (χ1) is 16.2. The highest BCUT2D eigenvalue weighted by Gasteiger charge is 2.28. The van der Waals surface area contributed by atoms with Crippen molar-refractivity contribution in [2.24, 2.45) is 0 Å². The third-order valence-corrected chi connectivity index (χ3v) is 7.93. The molecule has 1 aromatic heterocycles. The molecule has 4 aromatic rings. The van der Waals surface area contributed by atoms with E-state index in [1.54, 1.807) is 36.4 Å². The van der Waals surface area contributed by atoms with Crippen LogP contribution in [-0.2, 0) is 14.8 Å². The molecule has 0 aliphatic rings. The second-order valence-electron chi connectivity index (χ2n) is 7.58. The highest BCUT2D eigenvalue weighted by molar-refractivity contribution is 7.92.